The maximum Gasteiger partial charge on any atom is 0.259 e. The van der Waals surface area contributed by atoms with Crippen LogP contribution in [-0.2, 0) is 4.79 Å². The molecular weight excluding hydrogens is 318 g/mol. The van der Waals surface area contributed by atoms with Crippen LogP contribution in [0.15, 0.2) is 47.6 Å². The number of aryl methyl sites for hydroxylation is 1. The summed E-state index contributed by atoms with van der Waals surface area (Å²) < 4.78 is 10.5. The Hall–Kier alpha value is -3.02. The molecular formula is C19H23N3O3. The second kappa shape index (κ2) is 8.73. The molecule has 0 bridgehead atoms. The number of hydrazone groups is 1. The lowest BCUT2D eigenvalue weighted by atomic mass is 10.1. The van der Waals surface area contributed by atoms with Crippen molar-refractivity contribution in [2.45, 2.75) is 13.8 Å². The van der Waals surface area contributed by atoms with Crippen LogP contribution in [0.2, 0.25) is 0 Å². The Bertz CT molecular complexity index is 755. The fourth-order valence-corrected chi connectivity index (χ4v) is 2.20. The van der Waals surface area contributed by atoms with Crippen LogP contribution in [0.1, 0.15) is 18.1 Å². The van der Waals surface area contributed by atoms with E-state index in [1.54, 1.807) is 27.2 Å². The standard InChI is InChI=1S/C19H23N3O3/c1-13-5-7-15(8-6-13)20-12-19(23)22-21-14(2)17-10-9-16(24-3)11-18(17)25-4/h5-11,20H,12H2,1-4H3,(H,22,23)/b21-14-. The third-order valence-electron chi connectivity index (χ3n) is 3.65. The van der Waals surface area contributed by atoms with Crippen LogP contribution in [-0.4, -0.2) is 32.4 Å². The topological polar surface area (TPSA) is 72.0 Å². The maximum atomic E-state index is 11.9. The predicted molar refractivity (Wildman–Crippen MR) is 99.6 cm³/mol. The number of carbonyl (C=O) groups is 1. The van der Waals surface area contributed by atoms with E-state index in [4.69, 9.17) is 9.47 Å². The van der Waals surface area contributed by atoms with Gasteiger partial charge in [0, 0.05) is 17.3 Å². The van der Waals surface area contributed by atoms with Crippen molar-refractivity contribution in [2.24, 2.45) is 5.10 Å². The van der Waals surface area contributed by atoms with E-state index in [1.165, 1.54) is 5.56 Å². The summed E-state index contributed by atoms with van der Waals surface area (Å²) in [5.74, 6) is 1.10. The van der Waals surface area contributed by atoms with Crippen molar-refractivity contribution >= 4 is 17.3 Å². The zero-order valence-electron chi connectivity index (χ0n) is 14.9. The van der Waals surface area contributed by atoms with Crippen LogP contribution in [0.25, 0.3) is 0 Å². The van der Waals surface area contributed by atoms with Crippen molar-refractivity contribution in [3.8, 4) is 11.5 Å². The van der Waals surface area contributed by atoms with Crippen LogP contribution >= 0.6 is 0 Å². The molecule has 0 aliphatic rings. The molecule has 1 amide bonds. The number of rotatable bonds is 7. The summed E-state index contributed by atoms with van der Waals surface area (Å²) in [6, 6.07) is 13.3. The Morgan fingerprint density at radius 1 is 1.08 bits per heavy atom. The lowest BCUT2D eigenvalue weighted by Crippen LogP contribution is -2.26. The van der Waals surface area contributed by atoms with Crippen LogP contribution < -0.4 is 20.2 Å². The number of hydrogen-bond acceptors (Lipinski definition) is 5. The second-order valence-electron chi connectivity index (χ2n) is 5.52. The summed E-state index contributed by atoms with van der Waals surface area (Å²) in [6.07, 6.45) is 0. The van der Waals surface area contributed by atoms with Gasteiger partial charge in [0.15, 0.2) is 0 Å². The number of anilines is 1. The number of methoxy groups -OCH3 is 2. The number of benzene rings is 2. The average molecular weight is 341 g/mol. The first-order valence-electron chi connectivity index (χ1n) is 7.89. The van der Waals surface area contributed by atoms with E-state index in [0.717, 1.165) is 11.3 Å². The minimum Gasteiger partial charge on any atom is -0.497 e. The first-order chi connectivity index (χ1) is 12.0. The van der Waals surface area contributed by atoms with Gasteiger partial charge in [0.1, 0.15) is 11.5 Å². The second-order valence-corrected chi connectivity index (χ2v) is 5.52. The smallest absolute Gasteiger partial charge is 0.259 e. The van der Waals surface area contributed by atoms with Gasteiger partial charge in [0.2, 0.25) is 0 Å². The molecule has 2 aromatic rings. The number of nitrogens with zero attached hydrogens (tertiary/aromatic N) is 1. The average Bonchev–Trinajstić information content (AvgIpc) is 2.65. The molecule has 0 unspecified atom stereocenters. The van der Waals surface area contributed by atoms with Gasteiger partial charge in [-0.2, -0.15) is 5.10 Å². The lowest BCUT2D eigenvalue weighted by molar-refractivity contribution is -0.119. The van der Waals surface area contributed by atoms with Crippen molar-refractivity contribution < 1.29 is 14.3 Å². The molecule has 0 spiro atoms. The Labute approximate surface area is 147 Å². The van der Waals surface area contributed by atoms with Gasteiger partial charge >= 0.3 is 0 Å². The SMILES string of the molecule is COc1ccc(/C(C)=N\NC(=O)CNc2ccc(C)cc2)c(OC)c1. The molecule has 0 aromatic heterocycles. The maximum absolute atomic E-state index is 11.9. The molecule has 0 atom stereocenters. The van der Waals surface area contributed by atoms with Gasteiger partial charge < -0.3 is 14.8 Å². The third-order valence-corrected chi connectivity index (χ3v) is 3.65. The van der Waals surface area contributed by atoms with E-state index < -0.39 is 0 Å². The highest BCUT2D eigenvalue weighted by Gasteiger charge is 2.09. The highest BCUT2D eigenvalue weighted by Crippen LogP contribution is 2.25. The third kappa shape index (κ3) is 5.24. The molecule has 2 aromatic carbocycles. The van der Waals surface area contributed by atoms with E-state index in [1.807, 2.05) is 43.3 Å². The molecule has 132 valence electrons. The first-order valence-corrected chi connectivity index (χ1v) is 7.89. The van der Waals surface area contributed by atoms with Crippen LogP contribution in [0.3, 0.4) is 0 Å². The van der Waals surface area contributed by atoms with Crippen LogP contribution in [0.4, 0.5) is 5.69 Å². The minimum absolute atomic E-state index is 0.138. The fraction of sp³-hybridized carbons (Fsp3) is 0.263. The van der Waals surface area contributed by atoms with Crippen LogP contribution in [0, 0.1) is 6.92 Å². The van der Waals surface area contributed by atoms with E-state index in [9.17, 15) is 4.79 Å². The van der Waals surface area contributed by atoms with E-state index in [0.29, 0.717) is 17.2 Å². The molecule has 0 aliphatic heterocycles. The van der Waals surface area contributed by atoms with Gasteiger partial charge in [-0.1, -0.05) is 17.7 Å². The number of amides is 1. The summed E-state index contributed by atoms with van der Waals surface area (Å²) in [4.78, 5) is 11.9. The van der Waals surface area contributed by atoms with E-state index >= 15 is 0 Å². The summed E-state index contributed by atoms with van der Waals surface area (Å²) in [6.45, 7) is 3.96. The van der Waals surface area contributed by atoms with Gasteiger partial charge in [-0.3, -0.25) is 4.79 Å². The predicted octanol–water partition coefficient (Wildman–Crippen LogP) is 2.96. The number of nitrogens with one attached hydrogen (secondary N) is 2. The van der Waals surface area contributed by atoms with Gasteiger partial charge in [-0.05, 0) is 38.1 Å². The van der Waals surface area contributed by atoms with Gasteiger partial charge in [0.25, 0.3) is 5.91 Å². The minimum atomic E-state index is -0.229. The fourth-order valence-electron chi connectivity index (χ4n) is 2.20. The normalized spacial score (nSPS) is 11.0. The van der Waals surface area contributed by atoms with Crippen molar-refractivity contribution in [1.82, 2.24) is 5.43 Å². The van der Waals surface area contributed by atoms with Gasteiger partial charge in [-0.15, -0.1) is 0 Å². The molecule has 0 heterocycles. The molecule has 0 fully saturated rings. The molecule has 6 heteroatoms. The van der Waals surface area contributed by atoms with Crippen molar-refractivity contribution in [3.05, 3.63) is 53.6 Å². The molecule has 0 aliphatic carbocycles. The monoisotopic (exact) mass is 341 g/mol. The quantitative estimate of drug-likeness (QED) is 0.600. The zero-order valence-corrected chi connectivity index (χ0v) is 14.9. The number of hydrogen-bond donors (Lipinski definition) is 2. The van der Waals surface area contributed by atoms with Gasteiger partial charge in [-0.25, -0.2) is 5.43 Å². The highest BCUT2D eigenvalue weighted by atomic mass is 16.5. The van der Waals surface area contributed by atoms with Crippen molar-refractivity contribution in [3.63, 3.8) is 0 Å². The molecule has 6 nitrogen and oxygen atoms in total. The Kier molecular flexibility index (Phi) is 6.39. The lowest BCUT2D eigenvalue weighted by Gasteiger charge is -2.10. The molecule has 2 rings (SSSR count). The molecule has 2 N–H and O–H groups in total. The highest BCUT2D eigenvalue weighted by molar-refractivity contribution is 6.01. The first kappa shape index (κ1) is 18.3. The van der Waals surface area contributed by atoms with Crippen LogP contribution in [0.5, 0.6) is 11.5 Å². The molecule has 0 saturated heterocycles. The number of carbonyl (C=O) groups excluding carboxylic acids is 1. The zero-order chi connectivity index (χ0) is 18.2. The molecule has 0 radical (unpaired) electrons. The Balaban J connectivity index is 1.96. The van der Waals surface area contributed by atoms with Crippen molar-refractivity contribution in [1.29, 1.82) is 0 Å². The summed E-state index contributed by atoms with van der Waals surface area (Å²) in [7, 11) is 3.17. The Morgan fingerprint density at radius 3 is 2.44 bits per heavy atom. The summed E-state index contributed by atoms with van der Waals surface area (Å²) in [5, 5.41) is 7.19. The Morgan fingerprint density at radius 2 is 1.80 bits per heavy atom. The van der Waals surface area contributed by atoms with E-state index in [2.05, 4.69) is 15.8 Å². The van der Waals surface area contributed by atoms with Crippen molar-refractivity contribution in [2.75, 3.05) is 26.1 Å². The number of ether oxygens (including phenoxy) is 2. The largest absolute Gasteiger partial charge is 0.497 e. The molecule has 25 heavy (non-hydrogen) atoms. The summed E-state index contributed by atoms with van der Waals surface area (Å²) >= 11 is 0. The van der Waals surface area contributed by atoms with E-state index in [-0.39, 0.29) is 12.5 Å². The van der Waals surface area contributed by atoms with Gasteiger partial charge in [0.05, 0.1) is 26.5 Å². The molecule has 0 saturated carbocycles. The summed E-state index contributed by atoms with van der Waals surface area (Å²) in [5.41, 5.74) is 6.03.